The van der Waals surface area contributed by atoms with Crippen molar-refractivity contribution >= 4 is 26.8 Å². The van der Waals surface area contributed by atoms with Crippen molar-refractivity contribution in [3.63, 3.8) is 0 Å². The first kappa shape index (κ1) is 21.5. The van der Waals surface area contributed by atoms with E-state index in [1.165, 1.54) is 22.4 Å². The van der Waals surface area contributed by atoms with Crippen LogP contribution in [0.15, 0.2) is 109 Å². The summed E-state index contributed by atoms with van der Waals surface area (Å²) < 4.78 is 29.4. The Balaban J connectivity index is 1.67. The maximum absolute atomic E-state index is 14.1. The molecule has 1 amide bonds. The van der Waals surface area contributed by atoms with Crippen molar-refractivity contribution in [1.29, 1.82) is 0 Å². The Morgan fingerprint density at radius 2 is 1.68 bits per heavy atom. The number of fused-ring (bicyclic) bond motifs is 1. The molecule has 8 heteroatoms. The lowest BCUT2D eigenvalue weighted by Gasteiger charge is -2.17. The van der Waals surface area contributed by atoms with Gasteiger partial charge in [0.2, 0.25) is 0 Å². The van der Waals surface area contributed by atoms with Crippen LogP contribution in [0.5, 0.6) is 0 Å². The second-order valence-electron chi connectivity index (χ2n) is 7.60. The molecule has 2 heterocycles. The molecule has 0 atom stereocenters. The standard InChI is InChI=1S/C26H20N4O3S/c31-26(29-18-21-17-27-14-15-28-21)23-11-6-10-22(19-7-2-1-3-8-19)25(23)34(32,33)30-16-13-20-9-4-5-12-24(20)30/h1-17H,18H2,(H,29,31). The first-order valence-corrected chi connectivity index (χ1v) is 12.0. The molecule has 0 radical (unpaired) electrons. The van der Waals surface area contributed by atoms with Crippen LogP contribution in [0.25, 0.3) is 22.0 Å². The summed E-state index contributed by atoms with van der Waals surface area (Å²) in [5, 5.41) is 3.56. The van der Waals surface area contributed by atoms with E-state index in [1.54, 1.807) is 42.7 Å². The van der Waals surface area contributed by atoms with Gasteiger partial charge in [0.05, 0.1) is 29.5 Å². The van der Waals surface area contributed by atoms with E-state index in [0.717, 1.165) is 5.39 Å². The second-order valence-corrected chi connectivity index (χ2v) is 9.35. The van der Waals surface area contributed by atoms with Gasteiger partial charge in [-0.2, -0.15) is 0 Å². The lowest BCUT2D eigenvalue weighted by molar-refractivity contribution is 0.0947. The fourth-order valence-electron chi connectivity index (χ4n) is 3.89. The summed E-state index contributed by atoms with van der Waals surface area (Å²) in [6.07, 6.45) is 6.14. The molecule has 0 spiro atoms. The average Bonchev–Trinajstić information content (AvgIpc) is 3.33. The molecule has 1 N–H and O–H groups in total. The van der Waals surface area contributed by atoms with Crippen molar-refractivity contribution in [3.8, 4) is 11.1 Å². The summed E-state index contributed by atoms with van der Waals surface area (Å²) in [6, 6.07) is 23.1. The Morgan fingerprint density at radius 1 is 0.882 bits per heavy atom. The predicted molar refractivity (Wildman–Crippen MR) is 130 cm³/mol. The Hall–Kier alpha value is -4.30. The smallest absolute Gasteiger partial charge is 0.269 e. The van der Waals surface area contributed by atoms with E-state index in [1.807, 2.05) is 42.5 Å². The minimum atomic E-state index is -4.13. The Morgan fingerprint density at radius 3 is 2.47 bits per heavy atom. The molecule has 5 rings (SSSR count). The number of rotatable bonds is 6. The van der Waals surface area contributed by atoms with Gasteiger partial charge in [-0.3, -0.25) is 14.8 Å². The van der Waals surface area contributed by atoms with Gasteiger partial charge in [-0.15, -0.1) is 0 Å². The topological polar surface area (TPSA) is 94.0 Å². The van der Waals surface area contributed by atoms with Crippen LogP contribution >= 0.6 is 0 Å². The quantitative estimate of drug-likeness (QED) is 0.402. The largest absolute Gasteiger partial charge is 0.346 e. The zero-order valence-electron chi connectivity index (χ0n) is 18.0. The zero-order valence-corrected chi connectivity index (χ0v) is 18.8. The molecular weight excluding hydrogens is 448 g/mol. The molecule has 0 saturated heterocycles. The predicted octanol–water partition coefficient (Wildman–Crippen LogP) is 4.27. The molecule has 0 aliphatic rings. The van der Waals surface area contributed by atoms with Crippen LogP contribution in [0.3, 0.4) is 0 Å². The number of nitrogens with one attached hydrogen (secondary N) is 1. The summed E-state index contributed by atoms with van der Waals surface area (Å²) >= 11 is 0. The Labute approximate surface area is 196 Å². The summed E-state index contributed by atoms with van der Waals surface area (Å²) in [7, 11) is -4.13. The van der Waals surface area contributed by atoms with E-state index in [0.29, 0.717) is 22.3 Å². The van der Waals surface area contributed by atoms with Gasteiger partial charge in [-0.05, 0) is 23.8 Å². The number of hydrogen-bond acceptors (Lipinski definition) is 5. The third kappa shape index (κ3) is 3.95. The van der Waals surface area contributed by atoms with Crippen LogP contribution in [0.4, 0.5) is 0 Å². The SMILES string of the molecule is O=C(NCc1cnccn1)c1cccc(-c2ccccc2)c1S(=O)(=O)n1ccc2ccccc21. The van der Waals surface area contributed by atoms with Crippen LogP contribution < -0.4 is 5.32 Å². The molecule has 7 nitrogen and oxygen atoms in total. The highest BCUT2D eigenvalue weighted by Crippen LogP contribution is 2.33. The lowest BCUT2D eigenvalue weighted by atomic mass is 10.0. The molecule has 0 aliphatic carbocycles. The molecule has 0 aliphatic heterocycles. The van der Waals surface area contributed by atoms with Gasteiger partial charge in [0, 0.05) is 29.5 Å². The van der Waals surface area contributed by atoms with Crippen molar-refractivity contribution in [2.24, 2.45) is 0 Å². The third-order valence-electron chi connectivity index (χ3n) is 5.47. The van der Waals surface area contributed by atoms with Crippen molar-refractivity contribution in [3.05, 3.63) is 115 Å². The molecule has 0 unspecified atom stereocenters. The van der Waals surface area contributed by atoms with Crippen molar-refractivity contribution in [2.45, 2.75) is 11.4 Å². The highest BCUT2D eigenvalue weighted by molar-refractivity contribution is 7.90. The molecular formula is C26H20N4O3S. The molecule has 2 aromatic heterocycles. The zero-order chi connectivity index (χ0) is 23.5. The van der Waals surface area contributed by atoms with Gasteiger partial charge >= 0.3 is 0 Å². The first-order chi connectivity index (χ1) is 16.6. The minimum Gasteiger partial charge on any atom is -0.346 e. The Kier molecular flexibility index (Phi) is 5.65. The molecule has 0 saturated carbocycles. The van der Waals surface area contributed by atoms with Crippen LogP contribution in [0, 0.1) is 0 Å². The van der Waals surface area contributed by atoms with E-state index in [9.17, 15) is 13.2 Å². The number of amides is 1. The Bertz CT molecular complexity index is 1580. The summed E-state index contributed by atoms with van der Waals surface area (Å²) in [6.45, 7) is 0.119. The van der Waals surface area contributed by atoms with Crippen molar-refractivity contribution < 1.29 is 13.2 Å². The number of carbonyl (C=O) groups excluding carboxylic acids is 1. The summed E-state index contributed by atoms with van der Waals surface area (Å²) in [4.78, 5) is 21.4. The normalized spacial score (nSPS) is 11.4. The van der Waals surface area contributed by atoms with Crippen LogP contribution in [0.2, 0.25) is 0 Å². The maximum Gasteiger partial charge on any atom is 0.269 e. The van der Waals surface area contributed by atoms with E-state index < -0.39 is 15.9 Å². The number of nitrogens with zero attached hydrogens (tertiary/aromatic N) is 3. The summed E-state index contributed by atoms with van der Waals surface area (Å²) in [5.41, 5.74) is 2.31. The van der Waals surface area contributed by atoms with E-state index in [-0.39, 0.29) is 17.0 Å². The number of hydrogen-bond donors (Lipinski definition) is 1. The fourth-order valence-corrected chi connectivity index (χ4v) is 5.64. The lowest BCUT2D eigenvalue weighted by Crippen LogP contribution is -2.26. The number of para-hydroxylation sites is 1. The fraction of sp³-hybridized carbons (Fsp3) is 0.0385. The van der Waals surface area contributed by atoms with E-state index >= 15 is 0 Å². The molecule has 0 bridgehead atoms. The first-order valence-electron chi connectivity index (χ1n) is 10.6. The highest BCUT2D eigenvalue weighted by Gasteiger charge is 2.29. The molecule has 34 heavy (non-hydrogen) atoms. The van der Waals surface area contributed by atoms with Gasteiger partial charge in [-0.1, -0.05) is 60.7 Å². The molecule has 0 fully saturated rings. The molecule has 168 valence electrons. The van der Waals surface area contributed by atoms with E-state index in [2.05, 4.69) is 15.3 Å². The minimum absolute atomic E-state index is 0.0563. The number of benzene rings is 3. The average molecular weight is 469 g/mol. The van der Waals surface area contributed by atoms with Crippen LogP contribution in [-0.2, 0) is 16.6 Å². The van der Waals surface area contributed by atoms with Gasteiger partial charge < -0.3 is 5.32 Å². The maximum atomic E-state index is 14.1. The van der Waals surface area contributed by atoms with Gasteiger partial charge in [0.15, 0.2) is 0 Å². The number of carbonyl (C=O) groups is 1. The van der Waals surface area contributed by atoms with Gasteiger partial charge in [0.1, 0.15) is 4.90 Å². The van der Waals surface area contributed by atoms with Crippen LogP contribution in [-0.4, -0.2) is 28.3 Å². The molecule has 5 aromatic rings. The van der Waals surface area contributed by atoms with E-state index in [4.69, 9.17) is 0 Å². The van der Waals surface area contributed by atoms with Crippen molar-refractivity contribution in [2.75, 3.05) is 0 Å². The highest BCUT2D eigenvalue weighted by atomic mass is 32.2. The second kappa shape index (κ2) is 8.92. The summed E-state index contributed by atoms with van der Waals surface area (Å²) in [5.74, 6) is -0.515. The monoisotopic (exact) mass is 468 g/mol. The number of aromatic nitrogens is 3. The van der Waals surface area contributed by atoms with Gasteiger partial charge in [0.25, 0.3) is 15.9 Å². The third-order valence-corrected chi connectivity index (χ3v) is 7.26. The molecule has 3 aromatic carbocycles. The van der Waals surface area contributed by atoms with Crippen molar-refractivity contribution in [1.82, 2.24) is 19.3 Å². The van der Waals surface area contributed by atoms with Crippen LogP contribution in [0.1, 0.15) is 16.1 Å². The van der Waals surface area contributed by atoms with Gasteiger partial charge in [-0.25, -0.2) is 12.4 Å².